The first-order valence-electron chi connectivity index (χ1n) is 5.71. The smallest absolute Gasteiger partial charge is 0.0388 e. The van der Waals surface area contributed by atoms with Crippen molar-refractivity contribution in [2.24, 2.45) is 0 Å². The van der Waals surface area contributed by atoms with E-state index in [1.54, 1.807) is 0 Å². The van der Waals surface area contributed by atoms with Crippen LogP contribution in [0.15, 0.2) is 15.9 Å². The number of thiophene rings is 1. The van der Waals surface area contributed by atoms with Crippen LogP contribution in [0.2, 0.25) is 0 Å². The maximum absolute atomic E-state index is 3.64. The van der Waals surface area contributed by atoms with Crippen LogP contribution in [0.5, 0.6) is 0 Å². The average molecular weight is 322 g/mol. The SMILES string of the molecule is CCSCCC(C)NC(C)c1cc(Br)cs1. The highest BCUT2D eigenvalue weighted by Crippen LogP contribution is 2.25. The number of nitrogens with one attached hydrogen (secondary N) is 1. The molecule has 2 unspecified atom stereocenters. The Morgan fingerprint density at radius 3 is 2.81 bits per heavy atom. The highest BCUT2D eigenvalue weighted by atomic mass is 79.9. The molecular formula is C12H20BrNS2. The van der Waals surface area contributed by atoms with Gasteiger partial charge in [-0.25, -0.2) is 0 Å². The highest BCUT2D eigenvalue weighted by Gasteiger charge is 2.10. The van der Waals surface area contributed by atoms with E-state index in [1.165, 1.54) is 27.3 Å². The van der Waals surface area contributed by atoms with Crippen molar-refractivity contribution in [3.05, 3.63) is 20.8 Å². The lowest BCUT2D eigenvalue weighted by molar-refractivity contribution is 0.476. The highest BCUT2D eigenvalue weighted by molar-refractivity contribution is 9.10. The first-order chi connectivity index (χ1) is 7.63. The van der Waals surface area contributed by atoms with Crippen molar-refractivity contribution in [1.29, 1.82) is 0 Å². The van der Waals surface area contributed by atoms with Crippen LogP contribution in [0.25, 0.3) is 0 Å². The normalized spacial score (nSPS) is 15.0. The van der Waals surface area contributed by atoms with Crippen LogP contribution in [0, 0.1) is 0 Å². The van der Waals surface area contributed by atoms with Crippen molar-refractivity contribution in [2.45, 2.75) is 39.3 Å². The van der Waals surface area contributed by atoms with Crippen LogP contribution in [-0.2, 0) is 0 Å². The minimum absolute atomic E-state index is 0.456. The molecule has 1 nitrogen and oxygen atoms in total. The van der Waals surface area contributed by atoms with Gasteiger partial charge in [-0.15, -0.1) is 11.3 Å². The number of rotatable bonds is 7. The molecule has 0 spiro atoms. The van der Waals surface area contributed by atoms with E-state index in [-0.39, 0.29) is 0 Å². The molecule has 92 valence electrons. The molecule has 0 aromatic carbocycles. The van der Waals surface area contributed by atoms with Gasteiger partial charge in [0, 0.05) is 26.8 Å². The number of thioether (sulfide) groups is 1. The monoisotopic (exact) mass is 321 g/mol. The molecule has 0 aliphatic rings. The molecule has 16 heavy (non-hydrogen) atoms. The molecule has 0 saturated carbocycles. The Bertz CT molecular complexity index is 301. The molecule has 0 aliphatic heterocycles. The molecule has 1 aromatic rings. The van der Waals surface area contributed by atoms with Crippen LogP contribution < -0.4 is 5.32 Å². The number of halogens is 1. The van der Waals surface area contributed by atoms with Crippen LogP contribution in [0.3, 0.4) is 0 Å². The second kappa shape index (κ2) is 7.75. The van der Waals surface area contributed by atoms with Crippen molar-refractivity contribution in [1.82, 2.24) is 5.32 Å². The molecular weight excluding hydrogens is 302 g/mol. The van der Waals surface area contributed by atoms with Gasteiger partial charge in [0.2, 0.25) is 0 Å². The maximum Gasteiger partial charge on any atom is 0.0388 e. The van der Waals surface area contributed by atoms with Gasteiger partial charge in [-0.1, -0.05) is 6.92 Å². The maximum atomic E-state index is 3.64. The Morgan fingerprint density at radius 1 is 1.50 bits per heavy atom. The summed E-state index contributed by atoms with van der Waals surface area (Å²) < 4.78 is 1.19. The quantitative estimate of drug-likeness (QED) is 0.731. The zero-order valence-corrected chi connectivity index (χ0v) is 13.3. The Labute approximate surface area is 116 Å². The zero-order chi connectivity index (χ0) is 12.0. The fraction of sp³-hybridized carbons (Fsp3) is 0.667. The van der Waals surface area contributed by atoms with Gasteiger partial charge in [0.15, 0.2) is 0 Å². The molecule has 0 amide bonds. The first-order valence-corrected chi connectivity index (χ1v) is 8.54. The van der Waals surface area contributed by atoms with E-state index in [0.717, 1.165) is 0 Å². The van der Waals surface area contributed by atoms with E-state index in [0.29, 0.717) is 12.1 Å². The minimum atomic E-state index is 0.456. The van der Waals surface area contributed by atoms with Crippen molar-refractivity contribution in [3.63, 3.8) is 0 Å². The Morgan fingerprint density at radius 2 is 2.25 bits per heavy atom. The lowest BCUT2D eigenvalue weighted by Crippen LogP contribution is -2.28. The second-order valence-electron chi connectivity index (χ2n) is 3.94. The Hall–Kier alpha value is 0.490. The zero-order valence-electron chi connectivity index (χ0n) is 10.1. The summed E-state index contributed by atoms with van der Waals surface area (Å²) in [5, 5.41) is 5.79. The average Bonchev–Trinajstić information content (AvgIpc) is 2.65. The molecule has 1 N–H and O–H groups in total. The van der Waals surface area contributed by atoms with Crippen molar-refractivity contribution >= 4 is 39.0 Å². The lowest BCUT2D eigenvalue weighted by atomic mass is 10.2. The fourth-order valence-corrected chi connectivity index (χ4v) is 3.82. The summed E-state index contributed by atoms with van der Waals surface area (Å²) in [6, 6.07) is 3.25. The molecule has 1 heterocycles. The van der Waals surface area contributed by atoms with E-state index in [4.69, 9.17) is 0 Å². The standard InChI is InChI=1S/C12H20BrNS2/c1-4-15-6-5-9(2)14-10(3)12-7-11(13)8-16-12/h7-10,14H,4-6H2,1-3H3. The van der Waals surface area contributed by atoms with Gasteiger partial charge in [0.1, 0.15) is 0 Å². The van der Waals surface area contributed by atoms with Gasteiger partial charge in [-0.2, -0.15) is 11.8 Å². The summed E-state index contributed by atoms with van der Waals surface area (Å²) in [6.45, 7) is 6.73. The Kier molecular flexibility index (Phi) is 7.04. The van der Waals surface area contributed by atoms with Crippen LogP contribution >= 0.6 is 39.0 Å². The third kappa shape index (κ3) is 5.21. The first kappa shape index (κ1) is 14.6. The van der Waals surface area contributed by atoms with Crippen LogP contribution in [0.1, 0.15) is 38.1 Å². The van der Waals surface area contributed by atoms with Gasteiger partial charge in [0.25, 0.3) is 0 Å². The topological polar surface area (TPSA) is 12.0 Å². The van der Waals surface area contributed by atoms with Gasteiger partial charge in [0.05, 0.1) is 0 Å². The van der Waals surface area contributed by atoms with Crippen LogP contribution in [-0.4, -0.2) is 17.5 Å². The molecule has 2 atom stereocenters. The molecule has 0 radical (unpaired) electrons. The van der Waals surface area contributed by atoms with Crippen LogP contribution in [0.4, 0.5) is 0 Å². The molecule has 0 fully saturated rings. The van der Waals surface area contributed by atoms with Gasteiger partial charge in [-0.05, 0) is 53.8 Å². The third-order valence-electron chi connectivity index (χ3n) is 2.45. The van der Waals surface area contributed by atoms with E-state index in [2.05, 4.69) is 53.5 Å². The molecule has 0 saturated heterocycles. The predicted molar refractivity (Wildman–Crippen MR) is 80.6 cm³/mol. The number of hydrogen-bond donors (Lipinski definition) is 1. The number of hydrogen-bond acceptors (Lipinski definition) is 3. The fourth-order valence-electron chi connectivity index (χ4n) is 1.55. The molecule has 1 rings (SSSR count). The van der Waals surface area contributed by atoms with E-state index >= 15 is 0 Å². The van der Waals surface area contributed by atoms with E-state index in [1.807, 2.05) is 23.1 Å². The van der Waals surface area contributed by atoms with Crippen molar-refractivity contribution in [3.8, 4) is 0 Å². The summed E-state index contributed by atoms with van der Waals surface area (Å²) in [5.74, 6) is 2.48. The lowest BCUT2D eigenvalue weighted by Gasteiger charge is -2.18. The van der Waals surface area contributed by atoms with E-state index < -0.39 is 0 Å². The van der Waals surface area contributed by atoms with Gasteiger partial charge < -0.3 is 5.32 Å². The molecule has 4 heteroatoms. The minimum Gasteiger partial charge on any atom is -0.307 e. The molecule has 1 aromatic heterocycles. The summed E-state index contributed by atoms with van der Waals surface area (Å²) in [7, 11) is 0. The summed E-state index contributed by atoms with van der Waals surface area (Å²) in [4.78, 5) is 1.40. The summed E-state index contributed by atoms with van der Waals surface area (Å²) in [5.41, 5.74) is 0. The molecule has 0 bridgehead atoms. The van der Waals surface area contributed by atoms with Crippen molar-refractivity contribution < 1.29 is 0 Å². The van der Waals surface area contributed by atoms with Gasteiger partial charge in [-0.3, -0.25) is 0 Å². The summed E-state index contributed by atoms with van der Waals surface area (Å²) >= 11 is 7.33. The Balaban J connectivity index is 2.30. The van der Waals surface area contributed by atoms with Gasteiger partial charge >= 0.3 is 0 Å². The second-order valence-corrected chi connectivity index (χ2v) is 7.19. The van der Waals surface area contributed by atoms with Crippen molar-refractivity contribution in [2.75, 3.05) is 11.5 Å². The summed E-state index contributed by atoms with van der Waals surface area (Å²) in [6.07, 6.45) is 1.25. The predicted octanol–water partition coefficient (Wildman–Crippen LogP) is 4.69. The largest absolute Gasteiger partial charge is 0.307 e. The third-order valence-corrected chi connectivity index (χ3v) is 5.26. The molecule has 0 aliphatic carbocycles. The van der Waals surface area contributed by atoms with E-state index in [9.17, 15) is 0 Å².